The number of hydrogen-bond donors (Lipinski definition) is 0. The Bertz CT molecular complexity index is 864. The molecule has 3 aromatic rings. The summed E-state index contributed by atoms with van der Waals surface area (Å²) in [6.45, 7) is 0. The third kappa shape index (κ3) is 3.92. The zero-order chi connectivity index (χ0) is 17.2. The summed E-state index contributed by atoms with van der Waals surface area (Å²) < 4.78 is 38.5. The van der Waals surface area contributed by atoms with Crippen molar-refractivity contribution >= 4 is 38.6 Å². The van der Waals surface area contributed by atoms with Crippen LogP contribution < -0.4 is 0 Å². The molecule has 0 spiro atoms. The maximum atomic E-state index is 12.8. The van der Waals surface area contributed by atoms with Crippen molar-refractivity contribution in [2.24, 2.45) is 0 Å². The predicted octanol–water partition coefficient (Wildman–Crippen LogP) is 6.44. The van der Waals surface area contributed by atoms with Gasteiger partial charge in [0.25, 0.3) is 0 Å². The average molecular weight is 412 g/mol. The Hall–Kier alpha value is -1.53. The fraction of sp³-hybridized carbons (Fsp3) is 0.167. The molecule has 2 aromatic carbocycles. The topological polar surface area (TPSA) is 12.9 Å². The first-order valence-corrected chi connectivity index (χ1v) is 9.31. The van der Waals surface area contributed by atoms with Crippen molar-refractivity contribution in [1.82, 2.24) is 4.98 Å². The first-order chi connectivity index (χ1) is 11.5. The number of thioether (sulfide) groups is 1. The van der Waals surface area contributed by atoms with Gasteiger partial charge in [-0.3, -0.25) is 0 Å². The number of fused-ring (bicyclic) bond motifs is 1. The lowest BCUT2D eigenvalue weighted by Gasteiger charge is -2.09. The molecule has 0 saturated heterocycles. The predicted molar refractivity (Wildman–Crippen MR) is 95.4 cm³/mol. The second-order valence-electron chi connectivity index (χ2n) is 5.25. The molecule has 6 heteroatoms. The molecule has 0 N–H and O–H groups in total. The second-order valence-corrected chi connectivity index (χ2v) is 6.80. The molecule has 1 heterocycles. The monoisotopic (exact) mass is 411 g/mol. The van der Waals surface area contributed by atoms with Gasteiger partial charge < -0.3 is 0 Å². The summed E-state index contributed by atoms with van der Waals surface area (Å²) in [7, 11) is 0. The molecule has 24 heavy (non-hydrogen) atoms. The highest BCUT2D eigenvalue weighted by Crippen LogP contribution is 2.32. The van der Waals surface area contributed by atoms with Gasteiger partial charge in [-0.15, -0.1) is 11.8 Å². The summed E-state index contributed by atoms with van der Waals surface area (Å²) in [6.07, 6.45) is -4.35. The summed E-state index contributed by atoms with van der Waals surface area (Å²) in [5.74, 6) is 0.721. The molecule has 1 aromatic heterocycles. The van der Waals surface area contributed by atoms with Crippen molar-refractivity contribution in [3.63, 3.8) is 0 Å². The molecule has 0 radical (unpaired) electrons. The molecule has 0 fully saturated rings. The van der Waals surface area contributed by atoms with Crippen LogP contribution in [-0.2, 0) is 17.3 Å². The molecule has 1 nitrogen and oxygen atoms in total. The van der Waals surface area contributed by atoms with Crippen molar-refractivity contribution in [3.8, 4) is 0 Å². The van der Waals surface area contributed by atoms with Gasteiger partial charge in [-0.25, -0.2) is 4.98 Å². The van der Waals surface area contributed by atoms with E-state index < -0.39 is 11.7 Å². The maximum absolute atomic E-state index is 12.8. The molecule has 0 amide bonds. The second kappa shape index (κ2) is 7.15. The van der Waals surface area contributed by atoms with Gasteiger partial charge in [0.05, 0.1) is 16.1 Å². The number of nitrogens with zero attached hydrogens (tertiary/aromatic N) is 1. The van der Waals surface area contributed by atoms with E-state index >= 15 is 0 Å². The Morgan fingerprint density at radius 1 is 0.958 bits per heavy atom. The van der Waals surface area contributed by atoms with E-state index in [0.717, 1.165) is 23.2 Å². The zero-order valence-electron chi connectivity index (χ0n) is 12.5. The van der Waals surface area contributed by atoms with E-state index in [2.05, 4.69) is 20.9 Å². The quantitative estimate of drug-likeness (QED) is 0.361. The lowest BCUT2D eigenvalue weighted by molar-refractivity contribution is -0.137. The summed E-state index contributed by atoms with van der Waals surface area (Å²) in [6, 6.07) is 15.4. The number of alkyl halides is 4. The fourth-order valence-corrected chi connectivity index (χ4v) is 3.79. The lowest BCUT2D eigenvalue weighted by atomic mass is 10.1. The van der Waals surface area contributed by atoms with Gasteiger partial charge in [0.2, 0.25) is 0 Å². The van der Waals surface area contributed by atoms with E-state index in [0.29, 0.717) is 15.9 Å². The van der Waals surface area contributed by atoms with Crippen LogP contribution in [0.25, 0.3) is 10.9 Å². The third-order valence-corrected chi connectivity index (χ3v) is 5.21. The molecule has 0 aliphatic carbocycles. The van der Waals surface area contributed by atoms with Crippen LogP contribution in [0.5, 0.6) is 0 Å². The third-order valence-electron chi connectivity index (χ3n) is 3.63. The first kappa shape index (κ1) is 17.3. The Kier molecular flexibility index (Phi) is 5.15. The molecule has 0 bridgehead atoms. The summed E-state index contributed by atoms with van der Waals surface area (Å²) >= 11 is 4.98. The largest absolute Gasteiger partial charge is 0.416 e. The molecule has 0 aliphatic rings. The average Bonchev–Trinajstić information content (AvgIpc) is 2.58. The van der Waals surface area contributed by atoms with Crippen LogP contribution in [-0.4, -0.2) is 4.98 Å². The Morgan fingerprint density at radius 2 is 1.67 bits per heavy atom. The van der Waals surface area contributed by atoms with Crippen molar-refractivity contribution < 1.29 is 13.2 Å². The number of benzene rings is 2. The summed E-state index contributed by atoms with van der Waals surface area (Å²) in [4.78, 5) is 4.37. The van der Waals surface area contributed by atoms with Crippen LogP contribution in [0.3, 0.4) is 0 Å². The van der Waals surface area contributed by atoms with Crippen LogP contribution in [0.2, 0.25) is 0 Å². The maximum Gasteiger partial charge on any atom is 0.416 e. The smallest absolute Gasteiger partial charge is 0.241 e. The van der Waals surface area contributed by atoms with Gasteiger partial charge >= 0.3 is 6.18 Å². The van der Waals surface area contributed by atoms with Gasteiger partial charge in [-0.2, -0.15) is 13.2 Å². The molecule has 0 atom stereocenters. The van der Waals surface area contributed by atoms with Crippen molar-refractivity contribution in [3.05, 3.63) is 71.3 Å². The molecule has 124 valence electrons. The summed E-state index contributed by atoms with van der Waals surface area (Å²) in [5, 5.41) is 2.18. The van der Waals surface area contributed by atoms with E-state index in [9.17, 15) is 13.2 Å². The van der Waals surface area contributed by atoms with Crippen molar-refractivity contribution in [2.75, 3.05) is 0 Å². The van der Waals surface area contributed by atoms with E-state index in [1.165, 1.54) is 29.0 Å². The molecule has 0 unspecified atom stereocenters. The van der Waals surface area contributed by atoms with E-state index in [-0.39, 0.29) is 0 Å². The molecule has 0 saturated carbocycles. The van der Waals surface area contributed by atoms with E-state index in [4.69, 9.17) is 0 Å². The van der Waals surface area contributed by atoms with Crippen LogP contribution in [0.15, 0.2) is 59.6 Å². The van der Waals surface area contributed by atoms with Crippen LogP contribution in [0, 0.1) is 0 Å². The SMILES string of the molecule is FC(F)(F)c1ccc2ccc(SCc3ccccc3CBr)nc2c1. The fourth-order valence-electron chi connectivity index (χ4n) is 2.34. The van der Waals surface area contributed by atoms with Crippen LogP contribution >= 0.6 is 27.7 Å². The normalized spacial score (nSPS) is 11.8. The minimum Gasteiger partial charge on any atom is -0.241 e. The van der Waals surface area contributed by atoms with Crippen LogP contribution in [0.4, 0.5) is 13.2 Å². The number of aromatic nitrogens is 1. The molecule has 3 rings (SSSR count). The zero-order valence-corrected chi connectivity index (χ0v) is 14.9. The Morgan fingerprint density at radius 3 is 2.38 bits per heavy atom. The molecular formula is C18H13BrF3NS. The molecular weight excluding hydrogens is 399 g/mol. The lowest BCUT2D eigenvalue weighted by Crippen LogP contribution is -2.04. The highest BCUT2D eigenvalue weighted by molar-refractivity contribution is 9.08. The number of pyridine rings is 1. The van der Waals surface area contributed by atoms with E-state index in [1.54, 1.807) is 6.07 Å². The van der Waals surface area contributed by atoms with Gasteiger partial charge in [-0.05, 0) is 29.3 Å². The number of rotatable bonds is 4. The van der Waals surface area contributed by atoms with E-state index in [1.807, 2.05) is 30.3 Å². The highest BCUT2D eigenvalue weighted by Gasteiger charge is 2.30. The van der Waals surface area contributed by atoms with Crippen molar-refractivity contribution in [1.29, 1.82) is 0 Å². The standard InChI is InChI=1S/C18H13BrF3NS/c19-10-13-3-1-2-4-14(13)11-24-17-8-6-12-5-7-15(18(20,21)22)9-16(12)23-17/h1-9H,10-11H2. The number of hydrogen-bond acceptors (Lipinski definition) is 2. The minimum absolute atomic E-state index is 0.364. The highest BCUT2D eigenvalue weighted by atomic mass is 79.9. The van der Waals surface area contributed by atoms with Gasteiger partial charge in [0.15, 0.2) is 0 Å². The summed E-state index contributed by atoms with van der Waals surface area (Å²) in [5.41, 5.74) is 2.08. The first-order valence-electron chi connectivity index (χ1n) is 7.21. The van der Waals surface area contributed by atoms with Gasteiger partial charge in [0.1, 0.15) is 0 Å². The molecule has 0 aliphatic heterocycles. The Balaban J connectivity index is 1.85. The van der Waals surface area contributed by atoms with Gasteiger partial charge in [0, 0.05) is 16.5 Å². The Labute approximate surface area is 150 Å². The van der Waals surface area contributed by atoms with Crippen LogP contribution in [0.1, 0.15) is 16.7 Å². The minimum atomic E-state index is -4.35. The van der Waals surface area contributed by atoms with Crippen molar-refractivity contribution in [2.45, 2.75) is 22.3 Å². The van der Waals surface area contributed by atoms with Gasteiger partial charge in [-0.1, -0.05) is 52.3 Å². The number of halogens is 4.